The first-order valence-electron chi connectivity index (χ1n) is 9.40. The lowest BCUT2D eigenvalue weighted by molar-refractivity contribution is 0.0895. The van der Waals surface area contributed by atoms with Gasteiger partial charge < -0.3 is 9.47 Å². The number of ketones is 4. The molecule has 2 aliphatic carbocycles. The molecule has 0 saturated carbocycles. The molecule has 0 aliphatic heterocycles. The molecule has 0 heterocycles. The summed E-state index contributed by atoms with van der Waals surface area (Å²) in [6.07, 6.45) is 0.122. The van der Waals surface area contributed by atoms with Crippen LogP contribution in [0.15, 0.2) is 71.2 Å². The summed E-state index contributed by atoms with van der Waals surface area (Å²) < 4.78 is 10.5. The molecular formula is C24H18O6. The number of rotatable bonds is 5. The Morgan fingerprint density at radius 1 is 0.533 bits per heavy atom. The average molecular weight is 402 g/mol. The van der Waals surface area contributed by atoms with Gasteiger partial charge in [0.1, 0.15) is 0 Å². The molecule has 150 valence electrons. The second-order valence-corrected chi connectivity index (χ2v) is 6.93. The number of carbonyl (C=O) groups is 4. The summed E-state index contributed by atoms with van der Waals surface area (Å²) in [5.74, 6) is -1.46. The molecule has 6 heteroatoms. The van der Waals surface area contributed by atoms with Gasteiger partial charge in [0.2, 0.25) is 11.6 Å². The lowest BCUT2D eigenvalue weighted by atomic mass is 9.82. The van der Waals surface area contributed by atoms with E-state index in [1.807, 2.05) is 0 Å². The van der Waals surface area contributed by atoms with E-state index in [0.717, 1.165) is 0 Å². The number of hydrogen-bond acceptors (Lipinski definition) is 6. The van der Waals surface area contributed by atoms with Crippen molar-refractivity contribution in [3.63, 3.8) is 0 Å². The Bertz CT molecular complexity index is 1090. The molecule has 6 nitrogen and oxygen atoms in total. The first-order valence-corrected chi connectivity index (χ1v) is 9.40. The Balaban J connectivity index is 1.72. The van der Waals surface area contributed by atoms with Crippen molar-refractivity contribution < 1.29 is 28.7 Å². The Morgan fingerprint density at radius 3 is 1.13 bits per heavy atom. The van der Waals surface area contributed by atoms with Crippen molar-refractivity contribution in [3.8, 4) is 0 Å². The van der Waals surface area contributed by atoms with Crippen LogP contribution in [0.25, 0.3) is 0 Å². The highest BCUT2D eigenvalue weighted by molar-refractivity contribution is 6.27. The molecule has 0 aromatic heterocycles. The SMILES string of the molecule is COC1=C(CCC2=C(OC)C(=O)c3ccccc3C2=O)C(=O)c2ccccc2C1=O. The molecule has 0 spiro atoms. The van der Waals surface area contributed by atoms with Crippen LogP contribution < -0.4 is 0 Å². The lowest BCUT2D eigenvalue weighted by Gasteiger charge is -2.22. The van der Waals surface area contributed by atoms with Gasteiger partial charge in [0.25, 0.3) is 0 Å². The topological polar surface area (TPSA) is 86.7 Å². The summed E-state index contributed by atoms with van der Waals surface area (Å²) in [6, 6.07) is 13.1. The van der Waals surface area contributed by atoms with Crippen molar-refractivity contribution in [2.45, 2.75) is 12.8 Å². The molecule has 30 heavy (non-hydrogen) atoms. The smallest absolute Gasteiger partial charge is 0.228 e. The van der Waals surface area contributed by atoms with Crippen LogP contribution in [0.2, 0.25) is 0 Å². The maximum atomic E-state index is 13.0. The third-order valence-corrected chi connectivity index (χ3v) is 5.37. The van der Waals surface area contributed by atoms with Gasteiger partial charge in [-0.2, -0.15) is 0 Å². The van der Waals surface area contributed by atoms with Crippen LogP contribution >= 0.6 is 0 Å². The van der Waals surface area contributed by atoms with E-state index in [4.69, 9.17) is 9.47 Å². The van der Waals surface area contributed by atoms with Gasteiger partial charge in [0.15, 0.2) is 23.1 Å². The van der Waals surface area contributed by atoms with Crippen molar-refractivity contribution in [1.82, 2.24) is 0 Å². The maximum Gasteiger partial charge on any atom is 0.228 e. The van der Waals surface area contributed by atoms with E-state index < -0.39 is 0 Å². The predicted octanol–water partition coefficient (Wildman–Crippen LogP) is 3.73. The van der Waals surface area contributed by atoms with Gasteiger partial charge in [-0.3, -0.25) is 19.2 Å². The van der Waals surface area contributed by atoms with Gasteiger partial charge in [-0.15, -0.1) is 0 Å². The van der Waals surface area contributed by atoms with Gasteiger partial charge >= 0.3 is 0 Å². The molecular weight excluding hydrogens is 384 g/mol. The monoisotopic (exact) mass is 402 g/mol. The van der Waals surface area contributed by atoms with Crippen molar-refractivity contribution in [3.05, 3.63) is 93.4 Å². The van der Waals surface area contributed by atoms with E-state index >= 15 is 0 Å². The van der Waals surface area contributed by atoms with Crippen LogP contribution in [0.4, 0.5) is 0 Å². The fourth-order valence-electron chi connectivity index (χ4n) is 3.94. The number of carbonyl (C=O) groups excluding carboxylic acids is 4. The Morgan fingerprint density at radius 2 is 0.833 bits per heavy atom. The number of benzene rings is 2. The van der Waals surface area contributed by atoms with Crippen LogP contribution in [-0.2, 0) is 9.47 Å². The van der Waals surface area contributed by atoms with E-state index in [-0.39, 0.29) is 69.8 Å². The zero-order valence-corrected chi connectivity index (χ0v) is 16.5. The van der Waals surface area contributed by atoms with Gasteiger partial charge in [-0.05, 0) is 12.8 Å². The quantitative estimate of drug-likeness (QED) is 0.758. The molecule has 0 radical (unpaired) electrons. The van der Waals surface area contributed by atoms with E-state index in [2.05, 4.69) is 0 Å². The van der Waals surface area contributed by atoms with Crippen LogP contribution in [0, 0.1) is 0 Å². The molecule has 0 unspecified atom stereocenters. The highest BCUT2D eigenvalue weighted by Gasteiger charge is 2.36. The second-order valence-electron chi connectivity index (χ2n) is 6.93. The third-order valence-electron chi connectivity index (χ3n) is 5.37. The fraction of sp³-hybridized carbons (Fsp3) is 0.167. The van der Waals surface area contributed by atoms with E-state index in [9.17, 15) is 19.2 Å². The van der Waals surface area contributed by atoms with E-state index in [1.165, 1.54) is 14.2 Å². The minimum atomic E-state index is -0.375. The second kappa shape index (κ2) is 7.55. The molecule has 0 N–H and O–H groups in total. The minimum Gasteiger partial charge on any atom is -0.492 e. The fourth-order valence-corrected chi connectivity index (χ4v) is 3.94. The molecule has 0 bridgehead atoms. The lowest BCUT2D eigenvalue weighted by Crippen LogP contribution is -2.25. The summed E-state index contributed by atoms with van der Waals surface area (Å²) in [6.45, 7) is 0. The summed E-state index contributed by atoms with van der Waals surface area (Å²) in [5.41, 5.74) is 1.55. The van der Waals surface area contributed by atoms with Crippen LogP contribution in [0.3, 0.4) is 0 Å². The first-order chi connectivity index (χ1) is 14.5. The third kappa shape index (κ3) is 2.88. The number of allylic oxidation sites excluding steroid dienone is 4. The van der Waals surface area contributed by atoms with Crippen molar-refractivity contribution in [2.75, 3.05) is 14.2 Å². The first kappa shape index (κ1) is 19.5. The van der Waals surface area contributed by atoms with Gasteiger partial charge in [0, 0.05) is 33.4 Å². The largest absolute Gasteiger partial charge is 0.492 e. The summed E-state index contributed by atoms with van der Waals surface area (Å²) in [4.78, 5) is 51.5. The zero-order valence-electron chi connectivity index (χ0n) is 16.5. The number of methoxy groups -OCH3 is 2. The minimum absolute atomic E-state index is 0.0340. The molecule has 0 fully saturated rings. The number of ether oxygens (including phenoxy) is 2. The van der Waals surface area contributed by atoms with E-state index in [0.29, 0.717) is 11.1 Å². The Hall–Kier alpha value is -3.80. The molecule has 2 aromatic carbocycles. The summed E-state index contributed by atoms with van der Waals surface area (Å²) in [5, 5.41) is 0. The van der Waals surface area contributed by atoms with Gasteiger partial charge in [0.05, 0.1) is 14.2 Å². The normalized spacial score (nSPS) is 15.9. The van der Waals surface area contributed by atoms with Crippen molar-refractivity contribution in [2.24, 2.45) is 0 Å². The van der Waals surface area contributed by atoms with Gasteiger partial charge in [-0.25, -0.2) is 0 Å². The molecule has 0 atom stereocenters. The molecule has 0 amide bonds. The average Bonchev–Trinajstić information content (AvgIpc) is 2.78. The zero-order chi connectivity index (χ0) is 21.4. The molecule has 4 rings (SSSR count). The van der Waals surface area contributed by atoms with E-state index in [1.54, 1.807) is 48.5 Å². The predicted molar refractivity (Wildman–Crippen MR) is 108 cm³/mol. The van der Waals surface area contributed by atoms with Crippen LogP contribution in [-0.4, -0.2) is 37.4 Å². The standard InChI is InChI=1S/C24H18O6/c1-29-23-17(19(25)13-7-3-5-9-15(13)21(23)27)11-12-18-20(26)14-8-4-6-10-16(14)22(28)24(18)30-2/h3-10H,11-12H2,1-2H3. The molecule has 2 aliphatic rings. The van der Waals surface area contributed by atoms with Crippen molar-refractivity contribution in [1.29, 1.82) is 0 Å². The Kier molecular flexibility index (Phi) is 4.91. The maximum absolute atomic E-state index is 13.0. The molecule has 0 saturated heterocycles. The Labute approximate surface area is 172 Å². The van der Waals surface area contributed by atoms with Crippen LogP contribution in [0.1, 0.15) is 54.3 Å². The van der Waals surface area contributed by atoms with Crippen molar-refractivity contribution >= 4 is 23.1 Å². The number of hydrogen-bond donors (Lipinski definition) is 0. The highest BCUT2D eigenvalue weighted by atomic mass is 16.5. The van der Waals surface area contributed by atoms with Crippen LogP contribution in [0.5, 0.6) is 0 Å². The summed E-state index contributed by atoms with van der Waals surface area (Å²) in [7, 11) is 2.67. The number of fused-ring (bicyclic) bond motifs is 2. The summed E-state index contributed by atoms with van der Waals surface area (Å²) >= 11 is 0. The highest BCUT2D eigenvalue weighted by Crippen LogP contribution is 2.33. The van der Waals surface area contributed by atoms with Gasteiger partial charge in [-0.1, -0.05) is 48.5 Å². The number of Topliss-reactive ketones (excluding diaryl/α,β-unsaturated/α-hetero) is 4. The molecule has 2 aromatic rings.